The number of ether oxygens (including phenoxy) is 1. The van der Waals surface area contributed by atoms with Crippen molar-refractivity contribution >= 4 is 5.78 Å². The van der Waals surface area contributed by atoms with Crippen molar-refractivity contribution in [1.82, 2.24) is 0 Å². The highest BCUT2D eigenvalue weighted by Crippen LogP contribution is 2.26. The van der Waals surface area contributed by atoms with Gasteiger partial charge in [0.1, 0.15) is 6.61 Å². The van der Waals surface area contributed by atoms with Gasteiger partial charge in [-0.25, -0.2) is 0 Å². The van der Waals surface area contributed by atoms with Crippen molar-refractivity contribution in [2.45, 2.75) is 33.6 Å². The first-order valence-electron chi connectivity index (χ1n) is 4.13. The Morgan fingerprint density at radius 1 is 1.36 bits per heavy atom. The molecule has 0 fully saturated rings. The molecular weight excluding hydrogens is 140 g/mol. The molecule has 0 aromatic heterocycles. The molecule has 0 aromatic carbocycles. The van der Waals surface area contributed by atoms with Gasteiger partial charge >= 0.3 is 0 Å². The van der Waals surface area contributed by atoms with Crippen LogP contribution < -0.4 is 0 Å². The maximum absolute atomic E-state index is 11.4. The first-order chi connectivity index (χ1) is 5.10. The van der Waals surface area contributed by atoms with Gasteiger partial charge in [-0.3, -0.25) is 4.79 Å². The van der Waals surface area contributed by atoms with Crippen molar-refractivity contribution in [1.29, 1.82) is 0 Å². The summed E-state index contributed by atoms with van der Waals surface area (Å²) < 4.78 is 4.80. The van der Waals surface area contributed by atoms with E-state index in [0.717, 1.165) is 12.8 Å². The molecule has 0 spiro atoms. The molecule has 0 aliphatic heterocycles. The number of methoxy groups -OCH3 is 1. The van der Waals surface area contributed by atoms with E-state index in [1.54, 1.807) is 7.11 Å². The molecule has 11 heavy (non-hydrogen) atoms. The normalized spacial score (nSPS) is 11.6. The highest BCUT2D eigenvalue weighted by atomic mass is 16.5. The Hall–Kier alpha value is -0.370. The van der Waals surface area contributed by atoms with Gasteiger partial charge in [0.05, 0.1) is 0 Å². The molecule has 0 unspecified atom stereocenters. The van der Waals surface area contributed by atoms with Crippen LogP contribution in [0.2, 0.25) is 0 Å². The first kappa shape index (κ1) is 10.6. The summed E-state index contributed by atoms with van der Waals surface area (Å²) in [6, 6.07) is 0. The number of carbonyl (C=O) groups is 1. The van der Waals surface area contributed by atoms with Crippen molar-refractivity contribution < 1.29 is 9.53 Å². The highest BCUT2D eigenvalue weighted by Gasteiger charge is 2.28. The van der Waals surface area contributed by atoms with E-state index in [9.17, 15) is 4.79 Å². The molecule has 0 saturated carbocycles. The fraction of sp³-hybridized carbons (Fsp3) is 0.889. The first-order valence-corrected chi connectivity index (χ1v) is 4.13. The molecule has 0 saturated heterocycles. The zero-order valence-corrected chi connectivity index (χ0v) is 7.94. The second-order valence-corrected chi connectivity index (χ2v) is 3.12. The van der Waals surface area contributed by atoms with E-state index in [1.165, 1.54) is 0 Å². The monoisotopic (exact) mass is 158 g/mol. The van der Waals surface area contributed by atoms with Crippen LogP contribution in [0.5, 0.6) is 0 Å². The number of rotatable bonds is 5. The average Bonchev–Trinajstić information content (AvgIpc) is 2.03. The van der Waals surface area contributed by atoms with E-state index >= 15 is 0 Å². The van der Waals surface area contributed by atoms with Crippen LogP contribution in [-0.4, -0.2) is 19.5 Å². The minimum atomic E-state index is -0.171. The molecule has 0 atom stereocenters. The largest absolute Gasteiger partial charge is 0.377 e. The van der Waals surface area contributed by atoms with Crippen LogP contribution in [0.25, 0.3) is 0 Å². The van der Waals surface area contributed by atoms with Gasteiger partial charge < -0.3 is 4.74 Å². The zero-order valence-electron chi connectivity index (χ0n) is 7.94. The van der Waals surface area contributed by atoms with E-state index < -0.39 is 0 Å². The van der Waals surface area contributed by atoms with Crippen molar-refractivity contribution in [3.8, 4) is 0 Å². The number of ketones is 1. The summed E-state index contributed by atoms with van der Waals surface area (Å²) in [4.78, 5) is 11.4. The molecule has 0 heterocycles. The van der Waals surface area contributed by atoms with E-state index in [-0.39, 0.29) is 17.8 Å². The lowest BCUT2D eigenvalue weighted by Gasteiger charge is -2.24. The minimum Gasteiger partial charge on any atom is -0.377 e. The molecule has 0 aromatic rings. The third-order valence-corrected chi connectivity index (χ3v) is 2.51. The SMILES string of the molecule is CCC(C)(CC)C(=O)COC. The van der Waals surface area contributed by atoms with Crippen LogP contribution in [0.4, 0.5) is 0 Å². The Kier molecular flexibility index (Phi) is 4.34. The third-order valence-electron chi connectivity index (χ3n) is 2.51. The fourth-order valence-electron chi connectivity index (χ4n) is 0.950. The van der Waals surface area contributed by atoms with Crippen molar-refractivity contribution in [2.24, 2.45) is 5.41 Å². The van der Waals surface area contributed by atoms with Crippen LogP contribution >= 0.6 is 0 Å². The summed E-state index contributed by atoms with van der Waals surface area (Å²) >= 11 is 0. The van der Waals surface area contributed by atoms with Gasteiger partial charge in [-0.1, -0.05) is 20.8 Å². The molecule has 0 aliphatic carbocycles. The second-order valence-electron chi connectivity index (χ2n) is 3.12. The van der Waals surface area contributed by atoms with Gasteiger partial charge in [0.25, 0.3) is 0 Å². The van der Waals surface area contributed by atoms with Crippen molar-refractivity contribution in [3.63, 3.8) is 0 Å². The summed E-state index contributed by atoms with van der Waals surface area (Å²) in [6.45, 7) is 6.32. The molecule has 2 heteroatoms. The topological polar surface area (TPSA) is 26.3 Å². The van der Waals surface area contributed by atoms with Gasteiger partial charge in [0, 0.05) is 12.5 Å². The van der Waals surface area contributed by atoms with E-state index in [2.05, 4.69) is 0 Å². The lowest BCUT2D eigenvalue weighted by atomic mass is 9.81. The Morgan fingerprint density at radius 2 is 1.82 bits per heavy atom. The van der Waals surface area contributed by atoms with Gasteiger partial charge in [-0.2, -0.15) is 0 Å². The molecule has 0 rings (SSSR count). The van der Waals surface area contributed by atoms with Crippen LogP contribution in [-0.2, 0) is 9.53 Å². The lowest BCUT2D eigenvalue weighted by Crippen LogP contribution is -2.29. The second kappa shape index (κ2) is 4.50. The summed E-state index contributed by atoms with van der Waals surface area (Å²) in [5.41, 5.74) is -0.171. The van der Waals surface area contributed by atoms with Gasteiger partial charge in [-0.15, -0.1) is 0 Å². The predicted octanol–water partition coefficient (Wildman–Crippen LogP) is 2.03. The highest BCUT2D eigenvalue weighted by molar-refractivity contribution is 5.85. The van der Waals surface area contributed by atoms with Gasteiger partial charge in [0.2, 0.25) is 0 Å². The van der Waals surface area contributed by atoms with Gasteiger partial charge in [-0.05, 0) is 12.8 Å². The van der Waals surface area contributed by atoms with E-state index in [4.69, 9.17) is 4.74 Å². The van der Waals surface area contributed by atoms with Crippen LogP contribution in [0.15, 0.2) is 0 Å². The number of carbonyl (C=O) groups excluding carboxylic acids is 1. The predicted molar refractivity (Wildman–Crippen MR) is 45.6 cm³/mol. The van der Waals surface area contributed by atoms with E-state index in [1.807, 2.05) is 20.8 Å². The lowest BCUT2D eigenvalue weighted by molar-refractivity contribution is -0.132. The summed E-state index contributed by atoms with van der Waals surface area (Å²) in [6.07, 6.45) is 1.79. The summed E-state index contributed by atoms with van der Waals surface area (Å²) in [5, 5.41) is 0. The smallest absolute Gasteiger partial charge is 0.164 e. The summed E-state index contributed by atoms with van der Waals surface area (Å²) in [5.74, 6) is 0.213. The number of hydrogen-bond donors (Lipinski definition) is 0. The van der Waals surface area contributed by atoms with Crippen LogP contribution in [0, 0.1) is 5.41 Å². The zero-order chi connectivity index (χ0) is 8.91. The number of hydrogen-bond acceptors (Lipinski definition) is 2. The Morgan fingerprint density at radius 3 is 2.09 bits per heavy atom. The van der Waals surface area contributed by atoms with Crippen LogP contribution in [0.3, 0.4) is 0 Å². The quantitative estimate of drug-likeness (QED) is 0.612. The molecule has 0 radical (unpaired) electrons. The van der Waals surface area contributed by atoms with E-state index in [0.29, 0.717) is 0 Å². The average molecular weight is 158 g/mol. The molecule has 66 valence electrons. The number of Topliss-reactive ketones (excluding diaryl/α,β-unsaturated/α-hetero) is 1. The fourth-order valence-corrected chi connectivity index (χ4v) is 0.950. The standard InChI is InChI=1S/C9H18O2/c1-5-9(3,6-2)8(10)7-11-4/h5-7H2,1-4H3. The van der Waals surface area contributed by atoms with Gasteiger partial charge in [0.15, 0.2) is 5.78 Å². The molecule has 2 nitrogen and oxygen atoms in total. The molecule has 0 N–H and O–H groups in total. The maximum Gasteiger partial charge on any atom is 0.164 e. The Bertz CT molecular complexity index is 126. The Labute approximate surface area is 68.9 Å². The minimum absolute atomic E-state index is 0.171. The molecule has 0 amide bonds. The summed E-state index contributed by atoms with van der Waals surface area (Å²) in [7, 11) is 1.56. The Balaban J connectivity index is 4.12. The maximum atomic E-state index is 11.4. The molecular formula is C9H18O2. The van der Waals surface area contributed by atoms with Crippen molar-refractivity contribution in [2.75, 3.05) is 13.7 Å². The third kappa shape index (κ3) is 2.62. The van der Waals surface area contributed by atoms with Crippen LogP contribution in [0.1, 0.15) is 33.6 Å². The van der Waals surface area contributed by atoms with Crippen molar-refractivity contribution in [3.05, 3.63) is 0 Å². The molecule has 0 bridgehead atoms. The molecule has 0 aliphatic rings.